The number of amides is 1. The molecule has 7 heteroatoms. The zero-order chi connectivity index (χ0) is 22.1. The van der Waals surface area contributed by atoms with Gasteiger partial charge in [-0.05, 0) is 55.5 Å². The lowest BCUT2D eigenvalue weighted by Gasteiger charge is -2.40. The van der Waals surface area contributed by atoms with Gasteiger partial charge in [0.25, 0.3) is 11.5 Å². The number of hydrogen-bond acceptors (Lipinski definition) is 4. The van der Waals surface area contributed by atoms with Crippen LogP contribution >= 0.6 is 0 Å². The van der Waals surface area contributed by atoms with E-state index in [9.17, 15) is 14.0 Å². The molecule has 1 aliphatic carbocycles. The maximum atomic E-state index is 14.5. The number of halogens is 1. The Morgan fingerprint density at radius 2 is 1.94 bits per heavy atom. The Kier molecular flexibility index (Phi) is 5.74. The molecule has 32 heavy (non-hydrogen) atoms. The number of benzene rings is 2. The van der Waals surface area contributed by atoms with Crippen molar-refractivity contribution >= 4 is 16.7 Å². The van der Waals surface area contributed by atoms with Gasteiger partial charge in [-0.2, -0.15) is 5.10 Å². The molecule has 0 bridgehead atoms. The Morgan fingerprint density at radius 1 is 1.16 bits per heavy atom. The zero-order valence-corrected chi connectivity index (χ0v) is 17.9. The van der Waals surface area contributed by atoms with Gasteiger partial charge in [-0.15, -0.1) is 0 Å². The van der Waals surface area contributed by atoms with Crippen molar-refractivity contribution in [2.24, 2.45) is 5.92 Å². The summed E-state index contributed by atoms with van der Waals surface area (Å²) in [6.07, 6.45) is 5.31. The predicted octanol–water partition coefficient (Wildman–Crippen LogP) is 3.26. The minimum Gasteiger partial charge on any atom is -0.338 e. The molecule has 2 heterocycles. The zero-order valence-electron chi connectivity index (χ0n) is 17.9. The van der Waals surface area contributed by atoms with E-state index in [1.165, 1.54) is 25.3 Å². The summed E-state index contributed by atoms with van der Waals surface area (Å²) < 4.78 is 14.5. The van der Waals surface area contributed by atoms with Gasteiger partial charge >= 0.3 is 0 Å². The molecule has 0 atom stereocenters. The molecule has 1 saturated heterocycles. The molecule has 2 aliphatic rings. The van der Waals surface area contributed by atoms with Crippen molar-refractivity contribution in [2.75, 3.05) is 19.6 Å². The highest BCUT2D eigenvalue weighted by Crippen LogP contribution is 2.25. The number of aromatic nitrogens is 2. The summed E-state index contributed by atoms with van der Waals surface area (Å²) in [5, 5.41) is 11.6. The first kappa shape index (κ1) is 20.8. The van der Waals surface area contributed by atoms with Crippen molar-refractivity contribution < 1.29 is 9.18 Å². The molecule has 2 N–H and O–H groups in total. The average Bonchev–Trinajstić information content (AvgIpc) is 2.74. The van der Waals surface area contributed by atoms with E-state index in [4.69, 9.17) is 0 Å². The number of likely N-dealkylation sites (tertiary alicyclic amines) is 1. The first-order chi connectivity index (χ1) is 15.6. The number of rotatable bonds is 7. The monoisotopic (exact) mass is 434 g/mol. The van der Waals surface area contributed by atoms with Gasteiger partial charge in [-0.25, -0.2) is 9.49 Å². The quantitative estimate of drug-likeness (QED) is 0.598. The third kappa shape index (κ3) is 4.17. The Bertz CT molecular complexity index is 1200. The number of fused-ring (bicyclic) bond motifs is 1. The molecule has 2 fully saturated rings. The van der Waals surface area contributed by atoms with E-state index >= 15 is 0 Å². The number of carbonyl (C=O) groups excluding carboxylic acids is 1. The van der Waals surface area contributed by atoms with E-state index in [-0.39, 0.29) is 17.0 Å². The highest BCUT2D eigenvalue weighted by molar-refractivity contribution is 5.95. The van der Waals surface area contributed by atoms with Crippen LogP contribution in [0.4, 0.5) is 4.39 Å². The van der Waals surface area contributed by atoms with Crippen LogP contribution < -0.4 is 10.9 Å². The van der Waals surface area contributed by atoms with Gasteiger partial charge in [0.1, 0.15) is 5.82 Å². The second kappa shape index (κ2) is 8.82. The van der Waals surface area contributed by atoms with Crippen LogP contribution in [0.15, 0.2) is 47.3 Å². The minimum atomic E-state index is -0.506. The molecule has 1 aliphatic heterocycles. The summed E-state index contributed by atoms with van der Waals surface area (Å²) in [5.41, 5.74) is 1.33. The van der Waals surface area contributed by atoms with E-state index in [2.05, 4.69) is 15.5 Å². The molecule has 166 valence electrons. The molecule has 3 aromatic rings. The second-order valence-electron chi connectivity index (χ2n) is 8.98. The smallest absolute Gasteiger partial charge is 0.272 e. The Morgan fingerprint density at radius 3 is 2.69 bits per heavy atom. The van der Waals surface area contributed by atoms with Gasteiger partial charge in [0.05, 0.1) is 16.6 Å². The van der Waals surface area contributed by atoms with Crippen molar-refractivity contribution in [2.45, 2.75) is 38.1 Å². The van der Waals surface area contributed by atoms with Gasteiger partial charge < -0.3 is 10.2 Å². The number of carbonyl (C=O) groups is 1. The number of hydrogen-bond donors (Lipinski definition) is 2. The molecule has 0 unspecified atom stereocenters. The molecule has 1 aromatic heterocycles. The normalized spacial score (nSPS) is 16.7. The molecule has 5 rings (SSSR count). The summed E-state index contributed by atoms with van der Waals surface area (Å²) in [4.78, 5) is 26.6. The lowest BCUT2D eigenvalue weighted by atomic mass is 9.91. The number of nitrogens with one attached hydrogen (secondary N) is 2. The van der Waals surface area contributed by atoms with Crippen molar-refractivity contribution in [1.29, 1.82) is 0 Å². The van der Waals surface area contributed by atoms with E-state index < -0.39 is 5.82 Å². The van der Waals surface area contributed by atoms with Gasteiger partial charge in [-0.1, -0.05) is 30.7 Å². The van der Waals surface area contributed by atoms with Crippen LogP contribution in [0.25, 0.3) is 10.8 Å². The topological polar surface area (TPSA) is 78.1 Å². The molecule has 6 nitrogen and oxygen atoms in total. The van der Waals surface area contributed by atoms with Crippen LogP contribution in [-0.4, -0.2) is 46.7 Å². The van der Waals surface area contributed by atoms with E-state index in [0.717, 1.165) is 23.9 Å². The van der Waals surface area contributed by atoms with Crippen molar-refractivity contribution in [3.05, 3.63) is 75.5 Å². The maximum Gasteiger partial charge on any atom is 0.272 e. The average molecular weight is 435 g/mol. The summed E-state index contributed by atoms with van der Waals surface area (Å²) in [5.74, 6) is -0.283. The Hall–Kier alpha value is -3.06. The third-order valence-corrected chi connectivity index (χ3v) is 6.74. The fraction of sp³-hybridized carbons (Fsp3) is 0.400. The van der Waals surface area contributed by atoms with Crippen LogP contribution in [0.1, 0.15) is 47.3 Å². The van der Waals surface area contributed by atoms with Crippen LogP contribution in [-0.2, 0) is 6.42 Å². The lowest BCUT2D eigenvalue weighted by molar-refractivity contribution is 0.0478. The van der Waals surface area contributed by atoms with Gasteiger partial charge in [0.2, 0.25) is 0 Å². The standard InChI is InChI=1S/C25H27FN4O2/c26-22-9-8-16(13-23-19-6-1-2-7-20(19)24(31)29-28-23)12-21(22)25(32)30-14-17(15-30)10-11-27-18-4-3-5-18/h1-2,6-9,12,17-18,27H,3-5,10-11,13-15H2,(H,29,31). The first-order valence-electron chi connectivity index (χ1n) is 11.4. The van der Waals surface area contributed by atoms with E-state index in [1.807, 2.05) is 12.1 Å². The Balaban J connectivity index is 1.25. The maximum absolute atomic E-state index is 14.5. The van der Waals surface area contributed by atoms with Crippen LogP contribution in [0.2, 0.25) is 0 Å². The lowest BCUT2D eigenvalue weighted by Crippen LogP contribution is -2.51. The molecular formula is C25H27FN4O2. The van der Waals surface area contributed by atoms with Crippen molar-refractivity contribution in [3.8, 4) is 0 Å². The van der Waals surface area contributed by atoms with Crippen LogP contribution in [0, 0.1) is 11.7 Å². The third-order valence-electron chi connectivity index (χ3n) is 6.74. The van der Waals surface area contributed by atoms with Crippen molar-refractivity contribution in [3.63, 3.8) is 0 Å². The van der Waals surface area contributed by atoms with Gasteiger partial charge in [-0.3, -0.25) is 9.59 Å². The predicted molar refractivity (Wildman–Crippen MR) is 121 cm³/mol. The van der Waals surface area contributed by atoms with Crippen molar-refractivity contribution in [1.82, 2.24) is 20.4 Å². The minimum absolute atomic E-state index is 0.0993. The first-order valence-corrected chi connectivity index (χ1v) is 11.4. The van der Waals surface area contributed by atoms with Gasteiger partial charge in [0, 0.05) is 30.9 Å². The largest absolute Gasteiger partial charge is 0.338 e. The molecule has 1 amide bonds. The van der Waals surface area contributed by atoms with Crippen LogP contribution in [0.3, 0.4) is 0 Å². The van der Waals surface area contributed by atoms with Gasteiger partial charge in [0.15, 0.2) is 0 Å². The fourth-order valence-corrected chi connectivity index (χ4v) is 4.54. The second-order valence-corrected chi connectivity index (χ2v) is 8.98. The highest BCUT2D eigenvalue weighted by atomic mass is 19.1. The molecule has 0 radical (unpaired) electrons. The Labute approximate surface area is 185 Å². The molecule has 1 saturated carbocycles. The SMILES string of the molecule is O=C(c1cc(Cc2n[nH]c(=O)c3ccccc23)ccc1F)N1CC(CCNC2CCC2)C1. The fourth-order valence-electron chi connectivity index (χ4n) is 4.54. The molecular weight excluding hydrogens is 407 g/mol. The summed E-state index contributed by atoms with van der Waals surface area (Å²) in [6.45, 7) is 2.35. The summed E-state index contributed by atoms with van der Waals surface area (Å²) >= 11 is 0. The molecule has 2 aromatic carbocycles. The van der Waals surface area contributed by atoms with E-state index in [0.29, 0.717) is 42.6 Å². The number of aromatic amines is 1. The highest BCUT2D eigenvalue weighted by Gasteiger charge is 2.32. The number of nitrogens with zero attached hydrogens (tertiary/aromatic N) is 2. The van der Waals surface area contributed by atoms with E-state index in [1.54, 1.807) is 29.2 Å². The molecule has 0 spiro atoms. The summed E-state index contributed by atoms with van der Waals surface area (Å²) in [7, 11) is 0. The number of H-pyrrole nitrogens is 1. The summed E-state index contributed by atoms with van der Waals surface area (Å²) in [6, 6.07) is 12.6. The van der Waals surface area contributed by atoms with Crippen LogP contribution in [0.5, 0.6) is 0 Å².